The number of nitrogens with zero attached hydrogens (tertiary/aromatic N) is 2. The Hall–Kier alpha value is -2.61. The summed E-state index contributed by atoms with van der Waals surface area (Å²) in [5.41, 5.74) is 4.70. The van der Waals surface area contributed by atoms with Crippen LogP contribution in [0.2, 0.25) is 0 Å². The number of hydrogen-bond acceptors (Lipinski definition) is 5. The molecule has 1 amide bonds. The maximum atomic E-state index is 12.1. The third kappa shape index (κ3) is 7.67. The minimum Gasteiger partial charge on any atom is -0.493 e. The van der Waals surface area contributed by atoms with Crippen LogP contribution >= 0.6 is 11.3 Å². The standard InChI is InChI=1S/C22H33N5O2S/c1-15(2)8-11-29-19-12-16(3)6-7-18(19)13-26-22(23-5)25-10-9-24-21(28)20-17(4)27-14-30-20/h6-7,12,14-15H,8-11,13H2,1-5H3,(H,24,28)(H2,23,25,26). The van der Waals surface area contributed by atoms with Gasteiger partial charge in [-0.05, 0) is 37.8 Å². The molecule has 3 N–H and O–H groups in total. The molecule has 0 aliphatic heterocycles. The van der Waals surface area contributed by atoms with Crippen molar-refractivity contribution in [2.24, 2.45) is 10.9 Å². The number of ether oxygens (including phenoxy) is 1. The SMILES string of the molecule is CN=C(NCCNC(=O)c1scnc1C)NCc1ccc(C)cc1OCCC(C)C. The van der Waals surface area contributed by atoms with Crippen LogP contribution in [0.3, 0.4) is 0 Å². The third-order valence-corrected chi connectivity index (χ3v) is 5.43. The van der Waals surface area contributed by atoms with E-state index in [4.69, 9.17) is 4.74 Å². The summed E-state index contributed by atoms with van der Waals surface area (Å²) in [6.45, 7) is 10.6. The van der Waals surface area contributed by atoms with E-state index in [0.29, 0.717) is 43.0 Å². The molecule has 1 aromatic carbocycles. The molecule has 0 spiro atoms. The number of amides is 1. The summed E-state index contributed by atoms with van der Waals surface area (Å²) < 4.78 is 6.01. The minimum absolute atomic E-state index is 0.0948. The minimum atomic E-state index is -0.0948. The van der Waals surface area contributed by atoms with Crippen LogP contribution in [-0.4, -0.2) is 43.6 Å². The Morgan fingerprint density at radius 2 is 1.97 bits per heavy atom. The largest absolute Gasteiger partial charge is 0.493 e. The van der Waals surface area contributed by atoms with E-state index >= 15 is 0 Å². The maximum Gasteiger partial charge on any atom is 0.263 e. The average molecular weight is 432 g/mol. The Kier molecular flexibility index (Phi) is 9.60. The number of guanidine groups is 1. The van der Waals surface area contributed by atoms with Gasteiger partial charge in [0.05, 0.1) is 17.8 Å². The van der Waals surface area contributed by atoms with Gasteiger partial charge < -0.3 is 20.7 Å². The molecule has 0 saturated carbocycles. The van der Waals surface area contributed by atoms with Gasteiger partial charge in [-0.2, -0.15) is 0 Å². The molecule has 1 heterocycles. The van der Waals surface area contributed by atoms with Crippen molar-refractivity contribution in [3.05, 3.63) is 45.4 Å². The predicted octanol–water partition coefficient (Wildman–Crippen LogP) is 3.28. The van der Waals surface area contributed by atoms with E-state index in [1.165, 1.54) is 16.9 Å². The molecule has 0 unspecified atom stereocenters. The van der Waals surface area contributed by atoms with E-state index in [1.54, 1.807) is 12.6 Å². The fourth-order valence-electron chi connectivity index (χ4n) is 2.70. The number of carbonyl (C=O) groups is 1. The van der Waals surface area contributed by atoms with Gasteiger partial charge in [-0.15, -0.1) is 11.3 Å². The molecule has 0 bridgehead atoms. The van der Waals surface area contributed by atoms with Gasteiger partial charge in [0.2, 0.25) is 0 Å². The van der Waals surface area contributed by atoms with E-state index in [2.05, 4.69) is 64.9 Å². The van der Waals surface area contributed by atoms with Crippen molar-refractivity contribution in [1.82, 2.24) is 20.9 Å². The van der Waals surface area contributed by atoms with Crippen molar-refractivity contribution in [2.75, 3.05) is 26.7 Å². The van der Waals surface area contributed by atoms with Crippen LogP contribution in [0.25, 0.3) is 0 Å². The molecule has 164 valence electrons. The van der Waals surface area contributed by atoms with Gasteiger partial charge in [-0.1, -0.05) is 26.0 Å². The molecular formula is C22H33N5O2S. The van der Waals surface area contributed by atoms with Gasteiger partial charge in [0.25, 0.3) is 5.91 Å². The molecule has 7 nitrogen and oxygen atoms in total. The van der Waals surface area contributed by atoms with Gasteiger partial charge in [0.15, 0.2) is 5.96 Å². The van der Waals surface area contributed by atoms with Crippen LogP contribution in [0.1, 0.15) is 46.8 Å². The molecule has 30 heavy (non-hydrogen) atoms. The first kappa shape index (κ1) is 23.7. The number of aryl methyl sites for hydroxylation is 2. The van der Waals surface area contributed by atoms with E-state index in [1.807, 2.05) is 6.92 Å². The van der Waals surface area contributed by atoms with E-state index in [9.17, 15) is 4.79 Å². The highest BCUT2D eigenvalue weighted by Gasteiger charge is 2.11. The monoisotopic (exact) mass is 431 g/mol. The number of carbonyl (C=O) groups excluding carboxylic acids is 1. The first-order valence-electron chi connectivity index (χ1n) is 10.3. The number of nitrogens with one attached hydrogen (secondary N) is 3. The molecule has 2 aromatic rings. The number of hydrogen-bond donors (Lipinski definition) is 3. The first-order chi connectivity index (χ1) is 14.4. The van der Waals surface area contributed by atoms with Crippen molar-refractivity contribution in [3.63, 3.8) is 0 Å². The molecule has 0 aliphatic carbocycles. The van der Waals surface area contributed by atoms with Crippen molar-refractivity contribution in [2.45, 2.75) is 40.7 Å². The van der Waals surface area contributed by atoms with Crippen LogP contribution in [0.4, 0.5) is 0 Å². The maximum absolute atomic E-state index is 12.1. The predicted molar refractivity (Wildman–Crippen MR) is 124 cm³/mol. The lowest BCUT2D eigenvalue weighted by molar-refractivity contribution is 0.0957. The van der Waals surface area contributed by atoms with Crippen LogP contribution < -0.4 is 20.7 Å². The molecule has 1 aromatic heterocycles. The van der Waals surface area contributed by atoms with Gasteiger partial charge in [0, 0.05) is 32.2 Å². The summed E-state index contributed by atoms with van der Waals surface area (Å²) >= 11 is 1.35. The summed E-state index contributed by atoms with van der Waals surface area (Å²) in [4.78, 5) is 21.1. The van der Waals surface area contributed by atoms with Crippen LogP contribution in [-0.2, 0) is 6.54 Å². The van der Waals surface area contributed by atoms with Crippen LogP contribution in [0.15, 0.2) is 28.7 Å². The van der Waals surface area contributed by atoms with Crippen molar-refractivity contribution in [3.8, 4) is 5.75 Å². The zero-order chi connectivity index (χ0) is 21.9. The number of aliphatic imine (C=N–C) groups is 1. The van der Waals surface area contributed by atoms with E-state index < -0.39 is 0 Å². The lowest BCUT2D eigenvalue weighted by Gasteiger charge is -2.16. The fourth-order valence-corrected chi connectivity index (χ4v) is 3.42. The van der Waals surface area contributed by atoms with Crippen LogP contribution in [0, 0.1) is 19.8 Å². The lowest BCUT2D eigenvalue weighted by Crippen LogP contribution is -2.41. The van der Waals surface area contributed by atoms with E-state index in [-0.39, 0.29) is 5.91 Å². The highest BCUT2D eigenvalue weighted by atomic mass is 32.1. The molecule has 0 atom stereocenters. The van der Waals surface area contributed by atoms with E-state index in [0.717, 1.165) is 23.4 Å². The number of aromatic nitrogens is 1. The summed E-state index contributed by atoms with van der Waals surface area (Å²) in [5.74, 6) is 2.10. The zero-order valence-electron chi connectivity index (χ0n) is 18.5. The molecule has 0 radical (unpaired) electrons. The van der Waals surface area contributed by atoms with Gasteiger partial charge in [0.1, 0.15) is 10.6 Å². The molecule has 2 rings (SSSR count). The second kappa shape index (κ2) is 12.2. The number of benzene rings is 1. The van der Waals surface area contributed by atoms with Gasteiger partial charge >= 0.3 is 0 Å². The smallest absolute Gasteiger partial charge is 0.263 e. The second-order valence-electron chi connectivity index (χ2n) is 7.52. The Morgan fingerprint density at radius 3 is 2.63 bits per heavy atom. The number of rotatable bonds is 10. The summed E-state index contributed by atoms with van der Waals surface area (Å²) in [6.07, 6.45) is 1.02. The van der Waals surface area contributed by atoms with Gasteiger partial charge in [-0.3, -0.25) is 9.79 Å². The quantitative estimate of drug-likeness (QED) is 0.305. The topological polar surface area (TPSA) is 87.6 Å². The Bertz CT molecular complexity index is 848. The van der Waals surface area contributed by atoms with Crippen molar-refractivity contribution >= 4 is 23.2 Å². The molecule has 0 fully saturated rings. The van der Waals surface area contributed by atoms with Crippen molar-refractivity contribution in [1.29, 1.82) is 0 Å². The van der Waals surface area contributed by atoms with Crippen LogP contribution in [0.5, 0.6) is 5.75 Å². The molecule has 8 heteroatoms. The molecule has 0 saturated heterocycles. The Balaban J connectivity index is 1.79. The summed E-state index contributed by atoms with van der Waals surface area (Å²) in [6, 6.07) is 6.24. The first-order valence-corrected chi connectivity index (χ1v) is 11.1. The zero-order valence-corrected chi connectivity index (χ0v) is 19.4. The van der Waals surface area contributed by atoms with Gasteiger partial charge in [-0.25, -0.2) is 4.98 Å². The molecule has 0 aliphatic rings. The number of thiazole rings is 1. The Labute approximate surface area is 183 Å². The van der Waals surface area contributed by atoms with Crippen molar-refractivity contribution < 1.29 is 9.53 Å². The lowest BCUT2D eigenvalue weighted by atomic mass is 10.1. The molecular weight excluding hydrogens is 398 g/mol. The second-order valence-corrected chi connectivity index (χ2v) is 8.37. The highest BCUT2D eigenvalue weighted by Crippen LogP contribution is 2.21. The Morgan fingerprint density at radius 1 is 1.20 bits per heavy atom. The highest BCUT2D eigenvalue weighted by molar-refractivity contribution is 7.11. The third-order valence-electron chi connectivity index (χ3n) is 4.50. The summed E-state index contributed by atoms with van der Waals surface area (Å²) in [7, 11) is 1.73. The fraction of sp³-hybridized carbons (Fsp3) is 0.500. The normalized spacial score (nSPS) is 11.5. The average Bonchev–Trinajstić information content (AvgIpc) is 3.14. The summed E-state index contributed by atoms with van der Waals surface area (Å²) in [5, 5.41) is 9.42.